The normalized spacial score (nSPS) is 30.2. The zero-order valence-corrected chi connectivity index (χ0v) is 11.7. The molecule has 2 heteroatoms. The van der Waals surface area contributed by atoms with Crippen LogP contribution in [0, 0.1) is 5.92 Å². The number of carbonyl (C=O) groups is 1. The summed E-state index contributed by atoms with van der Waals surface area (Å²) in [6, 6.07) is 11.0. The van der Waals surface area contributed by atoms with Crippen LogP contribution in [0.4, 0.5) is 0 Å². The summed E-state index contributed by atoms with van der Waals surface area (Å²) in [5.74, 6) is 1.16. The predicted octanol–water partition coefficient (Wildman–Crippen LogP) is 3.58. The van der Waals surface area contributed by atoms with Crippen LogP contribution in [0.15, 0.2) is 30.3 Å². The van der Waals surface area contributed by atoms with E-state index in [1.165, 1.54) is 24.8 Å². The van der Waals surface area contributed by atoms with Crippen LogP contribution in [0.1, 0.15) is 50.5 Å². The van der Waals surface area contributed by atoms with Gasteiger partial charge in [0, 0.05) is 18.5 Å². The standard InChI is InChI=1S/C17H23NO/c1-2-14-10-6-7-11-18(14)17(19)16-12-15(16)13-8-4-3-5-9-13/h3-5,8-9,14-16H,2,6-7,10-12H2,1H3/t14-,15+,16-/m0/s1. The van der Waals surface area contributed by atoms with Crippen LogP contribution >= 0.6 is 0 Å². The Bertz CT molecular complexity index is 442. The van der Waals surface area contributed by atoms with Crippen LogP contribution in [-0.4, -0.2) is 23.4 Å². The largest absolute Gasteiger partial charge is 0.339 e. The van der Waals surface area contributed by atoms with Crippen molar-refractivity contribution in [3.63, 3.8) is 0 Å². The molecule has 0 N–H and O–H groups in total. The molecule has 1 amide bonds. The molecule has 1 aromatic rings. The molecule has 3 atom stereocenters. The number of nitrogens with zero attached hydrogens (tertiary/aromatic N) is 1. The van der Waals surface area contributed by atoms with Crippen molar-refractivity contribution in [2.24, 2.45) is 5.92 Å². The van der Waals surface area contributed by atoms with Gasteiger partial charge in [-0.1, -0.05) is 37.3 Å². The van der Waals surface area contributed by atoms with Gasteiger partial charge < -0.3 is 4.90 Å². The van der Waals surface area contributed by atoms with Gasteiger partial charge in [-0.3, -0.25) is 4.79 Å². The first-order chi connectivity index (χ1) is 9.31. The fraction of sp³-hybridized carbons (Fsp3) is 0.588. The topological polar surface area (TPSA) is 20.3 Å². The average Bonchev–Trinajstić information content (AvgIpc) is 3.28. The van der Waals surface area contributed by atoms with Crippen molar-refractivity contribution in [1.82, 2.24) is 4.90 Å². The molecule has 0 aromatic heterocycles. The molecule has 0 bridgehead atoms. The number of rotatable bonds is 3. The molecule has 0 spiro atoms. The fourth-order valence-electron chi connectivity index (χ4n) is 3.46. The minimum Gasteiger partial charge on any atom is -0.339 e. The highest BCUT2D eigenvalue weighted by Crippen LogP contribution is 2.49. The van der Waals surface area contributed by atoms with Crippen LogP contribution in [0.3, 0.4) is 0 Å². The van der Waals surface area contributed by atoms with Crippen LogP contribution in [0.25, 0.3) is 0 Å². The Hall–Kier alpha value is -1.31. The minimum absolute atomic E-state index is 0.259. The third kappa shape index (κ3) is 2.54. The number of carbonyl (C=O) groups excluding carboxylic acids is 1. The Balaban J connectivity index is 1.66. The van der Waals surface area contributed by atoms with E-state index in [9.17, 15) is 4.79 Å². The van der Waals surface area contributed by atoms with Gasteiger partial charge in [-0.15, -0.1) is 0 Å². The molecule has 1 heterocycles. The maximum atomic E-state index is 12.6. The molecule has 2 nitrogen and oxygen atoms in total. The Morgan fingerprint density at radius 2 is 2.05 bits per heavy atom. The van der Waals surface area contributed by atoms with Crippen molar-refractivity contribution >= 4 is 5.91 Å². The van der Waals surface area contributed by atoms with Gasteiger partial charge >= 0.3 is 0 Å². The number of hydrogen-bond acceptors (Lipinski definition) is 1. The highest BCUT2D eigenvalue weighted by atomic mass is 16.2. The molecular formula is C17H23NO. The summed E-state index contributed by atoms with van der Waals surface area (Å²) in [5.41, 5.74) is 1.34. The van der Waals surface area contributed by atoms with E-state index in [4.69, 9.17) is 0 Å². The van der Waals surface area contributed by atoms with Crippen LogP contribution in [-0.2, 0) is 4.79 Å². The molecule has 1 saturated carbocycles. The third-order valence-corrected chi connectivity index (χ3v) is 4.72. The molecular weight excluding hydrogens is 234 g/mol. The van der Waals surface area contributed by atoms with Gasteiger partial charge in [0.25, 0.3) is 0 Å². The highest BCUT2D eigenvalue weighted by Gasteiger charge is 2.46. The first-order valence-corrected chi connectivity index (χ1v) is 7.66. The van der Waals surface area contributed by atoms with E-state index < -0.39 is 0 Å². The molecule has 19 heavy (non-hydrogen) atoms. The van der Waals surface area contributed by atoms with E-state index in [0.29, 0.717) is 17.9 Å². The quantitative estimate of drug-likeness (QED) is 0.810. The van der Waals surface area contributed by atoms with Crippen LogP contribution < -0.4 is 0 Å². The van der Waals surface area contributed by atoms with Crippen LogP contribution in [0.5, 0.6) is 0 Å². The van der Waals surface area contributed by atoms with E-state index in [1.54, 1.807) is 0 Å². The maximum absolute atomic E-state index is 12.6. The molecule has 1 aliphatic carbocycles. The van der Waals surface area contributed by atoms with Crippen molar-refractivity contribution < 1.29 is 4.79 Å². The molecule has 1 aliphatic heterocycles. The highest BCUT2D eigenvalue weighted by molar-refractivity contribution is 5.83. The Morgan fingerprint density at radius 3 is 2.79 bits per heavy atom. The minimum atomic E-state index is 0.259. The number of piperidine rings is 1. The number of benzene rings is 1. The summed E-state index contributed by atoms with van der Waals surface area (Å²) < 4.78 is 0. The predicted molar refractivity (Wildman–Crippen MR) is 76.9 cm³/mol. The second-order valence-electron chi connectivity index (χ2n) is 5.95. The second kappa shape index (κ2) is 5.36. The zero-order valence-electron chi connectivity index (χ0n) is 11.7. The van der Waals surface area contributed by atoms with E-state index in [1.807, 2.05) is 6.07 Å². The summed E-state index contributed by atoms with van der Waals surface area (Å²) >= 11 is 0. The lowest BCUT2D eigenvalue weighted by molar-refractivity contribution is -0.136. The van der Waals surface area contributed by atoms with Crippen LogP contribution in [0.2, 0.25) is 0 Å². The summed E-state index contributed by atoms with van der Waals surface area (Å²) in [7, 11) is 0. The van der Waals surface area contributed by atoms with E-state index in [0.717, 1.165) is 19.4 Å². The first-order valence-electron chi connectivity index (χ1n) is 7.66. The molecule has 102 valence electrons. The summed E-state index contributed by atoms with van der Waals surface area (Å²) in [6.07, 6.45) is 5.83. The number of amides is 1. The molecule has 2 fully saturated rings. The molecule has 1 aromatic carbocycles. The smallest absolute Gasteiger partial charge is 0.226 e. The molecule has 3 rings (SSSR count). The van der Waals surface area contributed by atoms with Gasteiger partial charge in [0.05, 0.1) is 0 Å². The summed E-state index contributed by atoms with van der Waals surface area (Å²) in [6.45, 7) is 3.19. The molecule has 1 saturated heterocycles. The van der Waals surface area contributed by atoms with Gasteiger partial charge in [0.1, 0.15) is 0 Å². The SMILES string of the molecule is CC[C@H]1CCCCN1C(=O)[C@H]1C[C@@H]1c1ccccc1. The van der Waals surface area contributed by atoms with E-state index in [-0.39, 0.29) is 5.92 Å². The summed E-state index contributed by atoms with van der Waals surface area (Å²) in [4.78, 5) is 14.8. The van der Waals surface area contributed by atoms with Gasteiger partial charge in [0.2, 0.25) is 5.91 Å². The van der Waals surface area contributed by atoms with Crippen molar-refractivity contribution in [2.45, 2.75) is 51.0 Å². The lowest BCUT2D eigenvalue weighted by atomic mass is 9.99. The summed E-state index contributed by atoms with van der Waals surface area (Å²) in [5, 5.41) is 0. The van der Waals surface area contributed by atoms with Crippen molar-refractivity contribution in [3.05, 3.63) is 35.9 Å². The van der Waals surface area contributed by atoms with Gasteiger partial charge in [-0.25, -0.2) is 0 Å². The number of likely N-dealkylation sites (tertiary alicyclic amines) is 1. The van der Waals surface area contributed by atoms with Gasteiger partial charge in [-0.2, -0.15) is 0 Å². The fourth-order valence-corrected chi connectivity index (χ4v) is 3.46. The first kappa shape index (κ1) is 12.7. The van der Waals surface area contributed by atoms with Crippen molar-refractivity contribution in [3.8, 4) is 0 Å². The third-order valence-electron chi connectivity index (χ3n) is 4.72. The average molecular weight is 257 g/mol. The molecule has 0 radical (unpaired) electrons. The lowest BCUT2D eigenvalue weighted by Gasteiger charge is -2.35. The van der Waals surface area contributed by atoms with Gasteiger partial charge in [0.15, 0.2) is 0 Å². The molecule has 0 unspecified atom stereocenters. The molecule has 2 aliphatic rings. The second-order valence-corrected chi connectivity index (χ2v) is 5.95. The van der Waals surface area contributed by atoms with Gasteiger partial charge in [-0.05, 0) is 43.6 Å². The number of hydrogen-bond donors (Lipinski definition) is 0. The maximum Gasteiger partial charge on any atom is 0.226 e. The van der Waals surface area contributed by atoms with E-state index in [2.05, 4.69) is 36.1 Å². The Labute approximate surface area is 115 Å². The zero-order chi connectivity index (χ0) is 13.2. The Morgan fingerprint density at radius 1 is 1.26 bits per heavy atom. The van der Waals surface area contributed by atoms with Crippen molar-refractivity contribution in [2.75, 3.05) is 6.54 Å². The monoisotopic (exact) mass is 257 g/mol. The van der Waals surface area contributed by atoms with E-state index >= 15 is 0 Å². The lowest BCUT2D eigenvalue weighted by Crippen LogP contribution is -2.44. The van der Waals surface area contributed by atoms with Crippen molar-refractivity contribution in [1.29, 1.82) is 0 Å². The Kier molecular flexibility index (Phi) is 3.58.